The van der Waals surface area contributed by atoms with Crippen molar-refractivity contribution in [3.05, 3.63) is 35.9 Å². The average Bonchev–Trinajstić information content (AvgIpc) is 3.09. The summed E-state index contributed by atoms with van der Waals surface area (Å²) in [5.41, 5.74) is 1.41. The normalized spacial score (nSPS) is 22.6. The maximum absolute atomic E-state index is 5.73. The van der Waals surface area contributed by atoms with Crippen LogP contribution in [0.5, 0.6) is 0 Å². The highest BCUT2D eigenvalue weighted by Crippen LogP contribution is 2.30. The Hall–Kier alpha value is -0.820. The molecule has 0 radical (unpaired) electrons. The highest BCUT2D eigenvalue weighted by molar-refractivity contribution is 5.17. The van der Waals surface area contributed by atoms with Crippen molar-refractivity contribution < 1.29 is 4.74 Å². The molecule has 2 atom stereocenters. The summed E-state index contributed by atoms with van der Waals surface area (Å²) < 4.78 is 5.73. The molecule has 94 valence electrons. The molecule has 0 aromatic heterocycles. The van der Waals surface area contributed by atoms with Gasteiger partial charge in [0.2, 0.25) is 0 Å². The van der Waals surface area contributed by atoms with Gasteiger partial charge in [0.25, 0.3) is 0 Å². The summed E-state index contributed by atoms with van der Waals surface area (Å²) >= 11 is 0. The molecule has 1 aromatic rings. The molecular weight excluding hydrogens is 208 g/mol. The molecule has 0 bridgehead atoms. The average molecular weight is 232 g/mol. The minimum absolute atomic E-state index is 0.503. The minimum Gasteiger partial charge on any atom is -0.369 e. The lowest BCUT2D eigenvalue weighted by molar-refractivity contribution is 0.357. The van der Waals surface area contributed by atoms with Crippen molar-refractivity contribution in [3.63, 3.8) is 0 Å². The standard InChI is InChI=1S/C16H24O/c1-2-3-4-5-9-12-15-16(17-15)13-14-10-7-6-8-11-14/h6-8,10-11,15-16H,2-5,9,12-13H2,1H3/t15-,16+/m1/s1. The molecule has 1 aromatic carbocycles. The zero-order valence-electron chi connectivity index (χ0n) is 10.9. The first-order valence-corrected chi connectivity index (χ1v) is 7.09. The Morgan fingerprint density at radius 3 is 2.47 bits per heavy atom. The molecule has 1 saturated heterocycles. The molecule has 17 heavy (non-hydrogen) atoms. The first-order valence-electron chi connectivity index (χ1n) is 7.09. The summed E-state index contributed by atoms with van der Waals surface area (Å²) in [6, 6.07) is 10.7. The van der Waals surface area contributed by atoms with Gasteiger partial charge in [0, 0.05) is 6.42 Å². The maximum atomic E-state index is 5.73. The zero-order chi connectivity index (χ0) is 11.9. The number of unbranched alkanes of at least 4 members (excludes halogenated alkanes) is 4. The monoisotopic (exact) mass is 232 g/mol. The number of rotatable bonds is 8. The largest absolute Gasteiger partial charge is 0.369 e. The van der Waals surface area contributed by atoms with Crippen molar-refractivity contribution in [1.82, 2.24) is 0 Å². The SMILES string of the molecule is CCCCCCC[C@H]1O[C@H]1Cc1ccccc1. The van der Waals surface area contributed by atoms with E-state index in [2.05, 4.69) is 37.3 Å². The lowest BCUT2D eigenvalue weighted by Gasteiger charge is -1.98. The molecule has 2 rings (SSSR count). The fourth-order valence-corrected chi connectivity index (χ4v) is 2.41. The van der Waals surface area contributed by atoms with Crippen LogP contribution in [0.1, 0.15) is 51.0 Å². The third-order valence-electron chi connectivity index (χ3n) is 3.56. The lowest BCUT2D eigenvalue weighted by atomic mass is 10.0. The van der Waals surface area contributed by atoms with E-state index in [4.69, 9.17) is 4.74 Å². The van der Waals surface area contributed by atoms with E-state index in [1.54, 1.807) is 0 Å². The summed E-state index contributed by atoms with van der Waals surface area (Å²) in [5.74, 6) is 0. The highest BCUT2D eigenvalue weighted by atomic mass is 16.6. The van der Waals surface area contributed by atoms with E-state index in [-0.39, 0.29) is 0 Å². The molecule has 0 amide bonds. The van der Waals surface area contributed by atoms with Crippen molar-refractivity contribution in [2.75, 3.05) is 0 Å². The topological polar surface area (TPSA) is 12.5 Å². The van der Waals surface area contributed by atoms with Crippen molar-refractivity contribution in [2.45, 2.75) is 64.1 Å². The van der Waals surface area contributed by atoms with E-state index in [9.17, 15) is 0 Å². The van der Waals surface area contributed by atoms with Gasteiger partial charge < -0.3 is 4.74 Å². The van der Waals surface area contributed by atoms with Crippen LogP contribution < -0.4 is 0 Å². The molecule has 0 aliphatic carbocycles. The Balaban J connectivity index is 1.55. The van der Waals surface area contributed by atoms with Gasteiger partial charge in [-0.1, -0.05) is 69.4 Å². The summed E-state index contributed by atoms with van der Waals surface area (Å²) in [6.45, 7) is 2.26. The second-order valence-electron chi connectivity index (χ2n) is 5.11. The fraction of sp³-hybridized carbons (Fsp3) is 0.625. The molecule has 0 saturated carbocycles. The van der Waals surface area contributed by atoms with Crippen LogP contribution in [0.25, 0.3) is 0 Å². The quantitative estimate of drug-likeness (QED) is 0.479. The number of epoxide rings is 1. The number of benzene rings is 1. The number of hydrogen-bond donors (Lipinski definition) is 0. The van der Waals surface area contributed by atoms with Gasteiger partial charge in [-0.15, -0.1) is 0 Å². The summed E-state index contributed by atoms with van der Waals surface area (Å²) in [4.78, 5) is 0. The molecule has 1 nitrogen and oxygen atoms in total. The Labute approximate surface area is 105 Å². The van der Waals surface area contributed by atoms with Gasteiger partial charge in [-0.3, -0.25) is 0 Å². The third kappa shape index (κ3) is 4.51. The van der Waals surface area contributed by atoms with Crippen molar-refractivity contribution in [3.8, 4) is 0 Å². The minimum atomic E-state index is 0.503. The van der Waals surface area contributed by atoms with Crippen LogP contribution in [0, 0.1) is 0 Å². The van der Waals surface area contributed by atoms with Gasteiger partial charge in [0.15, 0.2) is 0 Å². The van der Waals surface area contributed by atoms with Crippen molar-refractivity contribution in [1.29, 1.82) is 0 Å². The van der Waals surface area contributed by atoms with E-state index in [0.29, 0.717) is 12.2 Å². The lowest BCUT2D eigenvalue weighted by Crippen LogP contribution is -1.98. The molecule has 0 unspecified atom stereocenters. The number of ether oxygens (including phenoxy) is 1. The van der Waals surface area contributed by atoms with Gasteiger partial charge >= 0.3 is 0 Å². The first kappa shape index (κ1) is 12.6. The molecule has 1 heteroatoms. The zero-order valence-corrected chi connectivity index (χ0v) is 10.9. The second-order valence-corrected chi connectivity index (χ2v) is 5.11. The first-order chi connectivity index (χ1) is 8.40. The van der Waals surface area contributed by atoms with Gasteiger partial charge in [-0.05, 0) is 12.0 Å². The van der Waals surface area contributed by atoms with Gasteiger partial charge in [-0.25, -0.2) is 0 Å². The second kappa shape index (κ2) is 6.80. The molecule has 1 aliphatic rings. The van der Waals surface area contributed by atoms with Crippen LogP contribution in [0.3, 0.4) is 0 Å². The Kier molecular flexibility index (Phi) is 5.06. The van der Waals surface area contributed by atoms with Crippen LogP contribution in [0.2, 0.25) is 0 Å². The van der Waals surface area contributed by atoms with Gasteiger partial charge in [0.1, 0.15) is 0 Å². The Bertz CT molecular complexity index is 307. The molecule has 1 heterocycles. The smallest absolute Gasteiger partial charge is 0.0882 e. The van der Waals surface area contributed by atoms with Crippen molar-refractivity contribution in [2.24, 2.45) is 0 Å². The summed E-state index contributed by atoms with van der Waals surface area (Å²) in [7, 11) is 0. The Morgan fingerprint density at radius 1 is 0.941 bits per heavy atom. The van der Waals surface area contributed by atoms with E-state index >= 15 is 0 Å². The summed E-state index contributed by atoms with van der Waals surface area (Å²) in [5, 5.41) is 0. The maximum Gasteiger partial charge on any atom is 0.0882 e. The van der Waals surface area contributed by atoms with E-state index in [1.807, 2.05) is 0 Å². The molecule has 0 N–H and O–H groups in total. The predicted octanol–water partition coefficient (Wildman–Crippen LogP) is 4.36. The van der Waals surface area contributed by atoms with Crippen LogP contribution in [-0.4, -0.2) is 12.2 Å². The molecule has 1 fully saturated rings. The number of hydrogen-bond acceptors (Lipinski definition) is 1. The highest BCUT2D eigenvalue weighted by Gasteiger charge is 2.37. The van der Waals surface area contributed by atoms with E-state index in [1.165, 1.54) is 44.1 Å². The van der Waals surface area contributed by atoms with E-state index < -0.39 is 0 Å². The Morgan fingerprint density at radius 2 is 1.71 bits per heavy atom. The van der Waals surface area contributed by atoms with Crippen molar-refractivity contribution >= 4 is 0 Å². The van der Waals surface area contributed by atoms with Crippen LogP contribution in [0.4, 0.5) is 0 Å². The third-order valence-corrected chi connectivity index (χ3v) is 3.56. The fourth-order valence-electron chi connectivity index (χ4n) is 2.41. The molecule has 1 aliphatic heterocycles. The predicted molar refractivity (Wildman–Crippen MR) is 72.2 cm³/mol. The van der Waals surface area contributed by atoms with Crippen LogP contribution >= 0.6 is 0 Å². The molecule has 0 spiro atoms. The van der Waals surface area contributed by atoms with Gasteiger partial charge in [0.05, 0.1) is 12.2 Å². The van der Waals surface area contributed by atoms with Crippen LogP contribution in [0.15, 0.2) is 30.3 Å². The van der Waals surface area contributed by atoms with Crippen LogP contribution in [-0.2, 0) is 11.2 Å². The summed E-state index contributed by atoms with van der Waals surface area (Å²) in [6.07, 6.45) is 10.3. The van der Waals surface area contributed by atoms with E-state index in [0.717, 1.165) is 6.42 Å². The molecular formula is C16H24O. The van der Waals surface area contributed by atoms with Gasteiger partial charge in [-0.2, -0.15) is 0 Å².